The fraction of sp³-hybridized carbons (Fsp3) is 0.417. The molecule has 0 saturated carbocycles. The molecule has 0 aromatic carbocycles. The van der Waals surface area contributed by atoms with E-state index < -0.39 is 0 Å². The Morgan fingerprint density at radius 3 is 2.53 bits per heavy atom. The van der Waals surface area contributed by atoms with Gasteiger partial charge >= 0.3 is 0 Å². The molecule has 5 heteroatoms. The SMILES string of the molecule is Cc1nc(-n2ccnc2C)[nH]c(=O)c1C(C)C. The first-order chi connectivity index (χ1) is 8.00. The van der Waals surface area contributed by atoms with Crippen LogP contribution in [0, 0.1) is 13.8 Å². The molecule has 5 nitrogen and oxygen atoms in total. The molecule has 0 unspecified atom stereocenters. The van der Waals surface area contributed by atoms with Crippen molar-refractivity contribution in [3.05, 3.63) is 39.8 Å². The van der Waals surface area contributed by atoms with Crippen molar-refractivity contribution in [3.63, 3.8) is 0 Å². The van der Waals surface area contributed by atoms with Crippen molar-refractivity contribution < 1.29 is 0 Å². The van der Waals surface area contributed by atoms with E-state index in [4.69, 9.17) is 0 Å². The van der Waals surface area contributed by atoms with Gasteiger partial charge < -0.3 is 0 Å². The van der Waals surface area contributed by atoms with Crippen LogP contribution in [0.1, 0.15) is 36.8 Å². The zero-order valence-electron chi connectivity index (χ0n) is 10.5. The Bertz CT molecular complexity index is 595. The third kappa shape index (κ3) is 2.00. The van der Waals surface area contributed by atoms with Gasteiger partial charge in [-0.15, -0.1) is 0 Å². The lowest BCUT2D eigenvalue weighted by atomic mass is 10.0. The summed E-state index contributed by atoms with van der Waals surface area (Å²) in [4.78, 5) is 23.3. The number of aryl methyl sites for hydroxylation is 2. The third-order valence-electron chi connectivity index (χ3n) is 2.76. The highest BCUT2D eigenvalue weighted by atomic mass is 16.1. The van der Waals surface area contributed by atoms with Crippen molar-refractivity contribution in [2.24, 2.45) is 0 Å². The molecule has 1 N–H and O–H groups in total. The Labute approximate surface area is 99.6 Å². The molecular formula is C12H16N4O. The van der Waals surface area contributed by atoms with Gasteiger partial charge in [-0.1, -0.05) is 13.8 Å². The van der Waals surface area contributed by atoms with E-state index in [1.165, 1.54) is 0 Å². The maximum Gasteiger partial charge on any atom is 0.255 e. The van der Waals surface area contributed by atoms with Crippen LogP contribution in [0.3, 0.4) is 0 Å². The van der Waals surface area contributed by atoms with E-state index in [9.17, 15) is 4.79 Å². The summed E-state index contributed by atoms with van der Waals surface area (Å²) < 4.78 is 1.76. The maximum atomic E-state index is 12.0. The van der Waals surface area contributed by atoms with Crippen LogP contribution >= 0.6 is 0 Å². The van der Waals surface area contributed by atoms with Gasteiger partial charge in [0.1, 0.15) is 5.82 Å². The molecule has 0 radical (unpaired) electrons. The second-order valence-corrected chi connectivity index (χ2v) is 4.39. The normalized spacial score (nSPS) is 11.1. The van der Waals surface area contributed by atoms with E-state index >= 15 is 0 Å². The molecule has 0 spiro atoms. The van der Waals surface area contributed by atoms with Gasteiger partial charge in [0.2, 0.25) is 5.95 Å². The van der Waals surface area contributed by atoms with Crippen molar-refractivity contribution >= 4 is 0 Å². The molecule has 0 saturated heterocycles. The Kier molecular flexibility index (Phi) is 2.83. The topological polar surface area (TPSA) is 63.6 Å². The summed E-state index contributed by atoms with van der Waals surface area (Å²) in [6.45, 7) is 7.70. The average Bonchev–Trinajstić information content (AvgIpc) is 2.62. The molecule has 0 fully saturated rings. The number of rotatable bonds is 2. The lowest BCUT2D eigenvalue weighted by molar-refractivity contribution is 0.784. The van der Waals surface area contributed by atoms with Gasteiger partial charge in [-0.05, 0) is 19.8 Å². The Hall–Kier alpha value is -1.91. The number of nitrogens with zero attached hydrogens (tertiary/aromatic N) is 3. The third-order valence-corrected chi connectivity index (χ3v) is 2.76. The summed E-state index contributed by atoms with van der Waals surface area (Å²) in [7, 11) is 0. The zero-order valence-corrected chi connectivity index (χ0v) is 10.5. The second-order valence-electron chi connectivity index (χ2n) is 4.39. The van der Waals surface area contributed by atoms with Crippen LogP contribution < -0.4 is 5.56 Å². The Balaban J connectivity index is 2.61. The number of hydrogen-bond donors (Lipinski definition) is 1. The first-order valence-corrected chi connectivity index (χ1v) is 5.62. The average molecular weight is 232 g/mol. The van der Waals surface area contributed by atoms with Gasteiger partial charge in [0, 0.05) is 18.0 Å². The van der Waals surface area contributed by atoms with Crippen molar-refractivity contribution in [2.75, 3.05) is 0 Å². The van der Waals surface area contributed by atoms with E-state index in [0.717, 1.165) is 17.1 Å². The van der Waals surface area contributed by atoms with Crippen LogP contribution in [0.5, 0.6) is 0 Å². The lowest BCUT2D eigenvalue weighted by Gasteiger charge is -2.10. The minimum absolute atomic E-state index is 0.0735. The number of H-pyrrole nitrogens is 1. The van der Waals surface area contributed by atoms with Crippen LogP contribution in [0.2, 0.25) is 0 Å². The Morgan fingerprint density at radius 2 is 2.06 bits per heavy atom. The number of nitrogens with one attached hydrogen (secondary N) is 1. The fourth-order valence-electron chi connectivity index (χ4n) is 1.98. The summed E-state index contributed by atoms with van der Waals surface area (Å²) in [6, 6.07) is 0. The molecule has 2 heterocycles. The number of aromatic nitrogens is 4. The molecule has 2 rings (SSSR count). The van der Waals surface area contributed by atoms with E-state index in [1.54, 1.807) is 17.0 Å². The molecule has 0 amide bonds. The molecule has 0 bridgehead atoms. The van der Waals surface area contributed by atoms with Crippen molar-refractivity contribution in [2.45, 2.75) is 33.6 Å². The number of hydrogen-bond acceptors (Lipinski definition) is 3. The molecule has 17 heavy (non-hydrogen) atoms. The van der Waals surface area contributed by atoms with Crippen molar-refractivity contribution in [1.29, 1.82) is 0 Å². The van der Waals surface area contributed by atoms with Crippen LogP contribution in [0.4, 0.5) is 0 Å². The van der Waals surface area contributed by atoms with E-state index in [1.807, 2.05) is 27.7 Å². The van der Waals surface area contributed by atoms with Gasteiger partial charge in [-0.25, -0.2) is 9.97 Å². The van der Waals surface area contributed by atoms with Gasteiger partial charge in [0.05, 0.1) is 5.69 Å². The van der Waals surface area contributed by atoms with Crippen molar-refractivity contribution in [3.8, 4) is 5.95 Å². The van der Waals surface area contributed by atoms with Gasteiger partial charge in [0.15, 0.2) is 0 Å². The van der Waals surface area contributed by atoms with E-state index in [-0.39, 0.29) is 11.5 Å². The quantitative estimate of drug-likeness (QED) is 0.857. The summed E-state index contributed by atoms with van der Waals surface area (Å²) in [5, 5.41) is 0. The van der Waals surface area contributed by atoms with Crippen molar-refractivity contribution in [1.82, 2.24) is 19.5 Å². The standard InChI is InChI=1S/C12H16N4O/c1-7(2)10-8(3)14-12(15-11(10)17)16-6-5-13-9(16)4/h5-7H,1-4H3,(H,14,15,17). The first-order valence-electron chi connectivity index (χ1n) is 5.62. The molecular weight excluding hydrogens is 216 g/mol. The summed E-state index contributed by atoms with van der Waals surface area (Å²) >= 11 is 0. The number of imidazole rings is 1. The minimum Gasteiger partial charge on any atom is -0.292 e. The summed E-state index contributed by atoms with van der Waals surface area (Å²) in [5.41, 5.74) is 1.44. The summed E-state index contributed by atoms with van der Waals surface area (Å²) in [5.74, 6) is 1.49. The smallest absolute Gasteiger partial charge is 0.255 e. The minimum atomic E-state index is -0.0735. The Morgan fingerprint density at radius 1 is 1.35 bits per heavy atom. The lowest BCUT2D eigenvalue weighted by Crippen LogP contribution is -2.20. The molecule has 0 atom stereocenters. The first kappa shape index (κ1) is 11.6. The molecule has 2 aromatic rings. The van der Waals surface area contributed by atoms with E-state index in [2.05, 4.69) is 15.0 Å². The predicted octanol–water partition coefficient (Wildman–Crippen LogP) is 1.70. The monoisotopic (exact) mass is 232 g/mol. The molecule has 90 valence electrons. The highest BCUT2D eigenvalue weighted by Crippen LogP contribution is 2.13. The van der Waals surface area contributed by atoms with Crippen LogP contribution in [0.15, 0.2) is 17.2 Å². The van der Waals surface area contributed by atoms with Gasteiger partial charge in [-0.3, -0.25) is 14.3 Å². The largest absolute Gasteiger partial charge is 0.292 e. The summed E-state index contributed by atoms with van der Waals surface area (Å²) in [6.07, 6.45) is 3.46. The van der Waals surface area contributed by atoms with Gasteiger partial charge in [-0.2, -0.15) is 0 Å². The van der Waals surface area contributed by atoms with E-state index in [0.29, 0.717) is 5.95 Å². The maximum absolute atomic E-state index is 12.0. The molecule has 0 aliphatic heterocycles. The highest BCUT2D eigenvalue weighted by molar-refractivity contribution is 5.25. The van der Waals surface area contributed by atoms with Crippen LogP contribution in [-0.4, -0.2) is 19.5 Å². The fourth-order valence-corrected chi connectivity index (χ4v) is 1.98. The van der Waals surface area contributed by atoms with Crippen LogP contribution in [0.25, 0.3) is 5.95 Å². The second kappa shape index (κ2) is 4.16. The predicted molar refractivity (Wildman–Crippen MR) is 65.5 cm³/mol. The zero-order chi connectivity index (χ0) is 12.6. The highest BCUT2D eigenvalue weighted by Gasteiger charge is 2.12. The molecule has 2 aromatic heterocycles. The molecule has 0 aliphatic carbocycles. The number of aromatic amines is 1. The van der Waals surface area contributed by atoms with Crippen LogP contribution in [-0.2, 0) is 0 Å². The van der Waals surface area contributed by atoms with Gasteiger partial charge in [0.25, 0.3) is 5.56 Å². The molecule has 0 aliphatic rings.